The summed E-state index contributed by atoms with van der Waals surface area (Å²) in [5.41, 5.74) is -0.389. The minimum Gasteiger partial charge on any atom is -0.505 e. The monoisotopic (exact) mass is 398 g/mol. The van der Waals surface area contributed by atoms with Crippen LogP contribution in [0.2, 0.25) is 0 Å². The van der Waals surface area contributed by atoms with Gasteiger partial charge in [-0.25, -0.2) is 0 Å². The van der Waals surface area contributed by atoms with Gasteiger partial charge in [0, 0.05) is 20.2 Å². The van der Waals surface area contributed by atoms with Crippen LogP contribution in [0.15, 0.2) is 38.4 Å². The third-order valence-electron chi connectivity index (χ3n) is 4.57. The highest BCUT2D eigenvalue weighted by Crippen LogP contribution is 2.33. The van der Waals surface area contributed by atoms with Crippen LogP contribution in [-0.4, -0.2) is 35.2 Å². The second-order valence-electron chi connectivity index (χ2n) is 6.90. The number of aryl methyl sites for hydroxylation is 1. The van der Waals surface area contributed by atoms with Gasteiger partial charge in [0.05, 0.1) is 17.3 Å². The molecule has 0 aliphatic heterocycles. The molecule has 0 bridgehead atoms. The number of hydrogen-bond acceptors (Lipinski definition) is 8. The van der Waals surface area contributed by atoms with E-state index >= 15 is 0 Å². The van der Waals surface area contributed by atoms with E-state index in [2.05, 4.69) is 15.8 Å². The Bertz CT molecular complexity index is 1120. The number of nitrogens with one attached hydrogen (secondary N) is 2. The maximum Gasteiger partial charge on any atom is 0.257 e. The molecule has 0 aliphatic carbocycles. The molecule has 0 unspecified atom stereocenters. The Morgan fingerprint density at radius 2 is 1.93 bits per heavy atom. The van der Waals surface area contributed by atoms with Crippen LogP contribution >= 0.6 is 0 Å². The quantitative estimate of drug-likeness (QED) is 0.409. The van der Waals surface area contributed by atoms with Crippen molar-refractivity contribution in [2.45, 2.75) is 26.3 Å². The summed E-state index contributed by atoms with van der Waals surface area (Å²) < 4.78 is 5.08. The number of hydrogen-bond donors (Lipinski definition) is 3. The molecule has 2 aromatic carbocycles. The van der Waals surface area contributed by atoms with Gasteiger partial charge in [0.25, 0.3) is 16.8 Å². The van der Waals surface area contributed by atoms with Gasteiger partial charge in [-0.15, -0.1) is 0 Å². The Labute approximate surface area is 166 Å². The number of phenols is 1. The Morgan fingerprint density at radius 1 is 1.24 bits per heavy atom. The molecular weight excluding hydrogens is 376 g/mol. The molecule has 152 valence electrons. The Kier molecular flexibility index (Phi) is 5.40. The number of benzene rings is 1. The maximum absolute atomic E-state index is 12.2. The zero-order valence-corrected chi connectivity index (χ0v) is 16.6. The lowest BCUT2D eigenvalue weighted by Gasteiger charge is -2.21. The molecule has 9 nitrogen and oxygen atoms in total. The average molecular weight is 398 g/mol. The highest BCUT2D eigenvalue weighted by molar-refractivity contribution is 5.99. The summed E-state index contributed by atoms with van der Waals surface area (Å²) in [6.07, 6.45) is 0.599. The molecule has 3 aromatic rings. The molecule has 0 saturated heterocycles. The van der Waals surface area contributed by atoms with Crippen LogP contribution in [0.4, 0.5) is 17.1 Å². The number of amides is 1. The van der Waals surface area contributed by atoms with Gasteiger partial charge >= 0.3 is 0 Å². The zero-order valence-electron chi connectivity index (χ0n) is 16.6. The molecule has 3 N–H and O–H groups in total. The molecule has 29 heavy (non-hydrogen) atoms. The summed E-state index contributed by atoms with van der Waals surface area (Å²) >= 11 is 0. The number of phenolic OH excluding ortho intramolecular Hbond substituents is 1. The van der Waals surface area contributed by atoms with Gasteiger partial charge in [0.2, 0.25) is 0 Å². The van der Waals surface area contributed by atoms with Crippen molar-refractivity contribution in [2.75, 3.05) is 24.7 Å². The normalized spacial score (nSPS) is 12.0. The maximum atomic E-state index is 12.2. The standard InChI is InChI=1S/C20H22N4O5/c1-5-12(14-9-10(2)29-23-14)21-15-16(19(27)18(15)26)22-13-8-6-7-11(17(13)25)20(28)24(3)4/h6-9,12,21-22,25H,5H2,1-4H3/t12-/m1/s1. The van der Waals surface area contributed by atoms with Crippen LogP contribution < -0.4 is 21.5 Å². The van der Waals surface area contributed by atoms with Crippen molar-refractivity contribution in [3.63, 3.8) is 0 Å². The molecule has 9 heteroatoms. The number of rotatable bonds is 7. The van der Waals surface area contributed by atoms with Crippen molar-refractivity contribution in [1.29, 1.82) is 0 Å². The first-order valence-electron chi connectivity index (χ1n) is 9.08. The van der Waals surface area contributed by atoms with E-state index in [9.17, 15) is 19.5 Å². The topological polar surface area (TPSA) is 125 Å². The number of para-hydroxylation sites is 1. The summed E-state index contributed by atoms with van der Waals surface area (Å²) in [6, 6.07) is 5.99. The molecule has 0 aliphatic rings. The fraction of sp³-hybridized carbons (Fsp3) is 0.300. The molecule has 0 fully saturated rings. The van der Waals surface area contributed by atoms with Gasteiger partial charge in [0.1, 0.15) is 22.8 Å². The van der Waals surface area contributed by atoms with Crippen molar-refractivity contribution >= 4 is 23.0 Å². The van der Waals surface area contributed by atoms with Gasteiger partial charge in [-0.05, 0) is 25.5 Å². The van der Waals surface area contributed by atoms with Gasteiger partial charge in [-0.1, -0.05) is 18.1 Å². The van der Waals surface area contributed by atoms with E-state index in [-0.39, 0.29) is 40.3 Å². The third kappa shape index (κ3) is 3.71. The fourth-order valence-electron chi connectivity index (χ4n) is 2.95. The average Bonchev–Trinajstić information content (AvgIpc) is 3.13. The second kappa shape index (κ2) is 7.78. The van der Waals surface area contributed by atoms with Crippen molar-refractivity contribution in [1.82, 2.24) is 10.1 Å². The third-order valence-corrected chi connectivity index (χ3v) is 4.57. The minimum atomic E-state index is -0.706. The van der Waals surface area contributed by atoms with Crippen LogP contribution in [0.25, 0.3) is 0 Å². The lowest BCUT2D eigenvalue weighted by molar-refractivity contribution is 0.0824. The van der Waals surface area contributed by atoms with E-state index < -0.39 is 10.9 Å². The number of nitrogens with zero attached hydrogens (tertiary/aromatic N) is 2. The molecule has 0 saturated carbocycles. The predicted octanol–water partition coefficient (Wildman–Crippen LogP) is 2.29. The van der Waals surface area contributed by atoms with Gasteiger partial charge in [0.15, 0.2) is 5.75 Å². The SMILES string of the molecule is CC[C@@H](Nc1c(Nc2cccc(C(=O)N(C)C)c2O)c(=O)c1=O)c1cc(C)on1. The van der Waals surface area contributed by atoms with Crippen molar-refractivity contribution in [2.24, 2.45) is 0 Å². The molecule has 1 heterocycles. The molecule has 0 spiro atoms. The zero-order chi connectivity index (χ0) is 21.3. The van der Waals surface area contributed by atoms with E-state index in [1.807, 2.05) is 6.92 Å². The Balaban J connectivity index is 1.90. The van der Waals surface area contributed by atoms with Crippen molar-refractivity contribution in [3.8, 4) is 5.75 Å². The number of anilines is 3. The van der Waals surface area contributed by atoms with Gasteiger partial charge in [-0.3, -0.25) is 14.4 Å². The van der Waals surface area contributed by atoms with E-state index in [1.165, 1.54) is 17.0 Å². The van der Waals surface area contributed by atoms with E-state index in [4.69, 9.17) is 4.52 Å². The predicted molar refractivity (Wildman–Crippen MR) is 109 cm³/mol. The molecule has 3 rings (SSSR count). The summed E-state index contributed by atoms with van der Waals surface area (Å²) in [6.45, 7) is 3.67. The lowest BCUT2D eigenvalue weighted by Crippen LogP contribution is -2.37. The van der Waals surface area contributed by atoms with E-state index in [1.54, 1.807) is 33.2 Å². The molecule has 1 atom stereocenters. The summed E-state index contributed by atoms with van der Waals surface area (Å²) in [5.74, 6) is -0.0535. The summed E-state index contributed by atoms with van der Waals surface area (Å²) in [5, 5.41) is 20.2. The van der Waals surface area contributed by atoms with Crippen molar-refractivity contribution < 1.29 is 14.4 Å². The first kappa shape index (κ1) is 20.1. The van der Waals surface area contributed by atoms with Crippen LogP contribution in [-0.2, 0) is 0 Å². The van der Waals surface area contributed by atoms with E-state index in [0.29, 0.717) is 17.9 Å². The highest BCUT2D eigenvalue weighted by atomic mass is 16.5. The summed E-state index contributed by atoms with van der Waals surface area (Å²) in [4.78, 5) is 37.8. The molecule has 1 amide bonds. The molecule has 1 aromatic heterocycles. The largest absolute Gasteiger partial charge is 0.505 e. The lowest BCUT2D eigenvalue weighted by atomic mass is 10.1. The first-order chi connectivity index (χ1) is 13.7. The number of carbonyl (C=O) groups excluding carboxylic acids is 1. The number of aromatic hydroxyl groups is 1. The summed E-state index contributed by atoms with van der Waals surface area (Å²) in [7, 11) is 3.13. The van der Waals surface area contributed by atoms with Crippen LogP contribution in [0.5, 0.6) is 5.75 Å². The Hall–Kier alpha value is -3.62. The van der Waals surface area contributed by atoms with Gasteiger partial charge < -0.3 is 25.2 Å². The molecular formula is C20H22N4O5. The van der Waals surface area contributed by atoms with E-state index in [0.717, 1.165) is 0 Å². The molecule has 0 radical (unpaired) electrons. The van der Waals surface area contributed by atoms with Crippen LogP contribution in [0.3, 0.4) is 0 Å². The van der Waals surface area contributed by atoms with Crippen molar-refractivity contribution in [3.05, 3.63) is 61.7 Å². The smallest absolute Gasteiger partial charge is 0.257 e. The second-order valence-corrected chi connectivity index (χ2v) is 6.90. The highest BCUT2D eigenvalue weighted by Gasteiger charge is 2.26. The number of carbonyl (C=O) groups is 1. The Morgan fingerprint density at radius 3 is 2.52 bits per heavy atom. The first-order valence-corrected chi connectivity index (χ1v) is 9.08. The van der Waals surface area contributed by atoms with Gasteiger partial charge in [-0.2, -0.15) is 0 Å². The number of aromatic nitrogens is 1. The fourth-order valence-corrected chi connectivity index (χ4v) is 2.95. The van der Waals surface area contributed by atoms with Crippen LogP contribution in [0.1, 0.15) is 41.2 Å². The minimum absolute atomic E-state index is 0.0263. The van der Waals surface area contributed by atoms with Crippen LogP contribution in [0, 0.1) is 6.92 Å².